The minimum Gasteiger partial charge on any atom is -0.338 e. The Kier molecular flexibility index (Phi) is 3.22. The van der Waals surface area contributed by atoms with E-state index in [2.05, 4.69) is 20.5 Å². The first-order valence-electron chi connectivity index (χ1n) is 4.54. The third-order valence-corrected chi connectivity index (χ3v) is 2.35. The number of hydrogen-bond acceptors (Lipinski definition) is 4. The molecule has 1 N–H and O–H groups in total. The zero-order chi connectivity index (χ0) is 11.5. The van der Waals surface area contributed by atoms with Gasteiger partial charge in [-0.2, -0.15) is 4.98 Å². The van der Waals surface area contributed by atoms with Gasteiger partial charge in [0.25, 0.3) is 0 Å². The number of hydrogen-bond donors (Lipinski definition) is 1. The van der Waals surface area contributed by atoms with Crippen molar-refractivity contribution < 1.29 is 0 Å². The maximum atomic E-state index is 5.82. The number of anilines is 2. The maximum Gasteiger partial charge on any atom is 0.245 e. The second-order valence-electron chi connectivity index (χ2n) is 3.21. The number of benzene rings is 1. The lowest BCUT2D eigenvalue weighted by molar-refractivity contribution is 0.975. The van der Waals surface area contributed by atoms with Crippen molar-refractivity contribution in [2.24, 2.45) is 0 Å². The fourth-order valence-electron chi connectivity index (χ4n) is 1.15. The lowest BCUT2D eigenvalue weighted by Crippen LogP contribution is -1.98. The van der Waals surface area contributed by atoms with E-state index in [1.807, 2.05) is 31.2 Å². The number of rotatable bonds is 2. The van der Waals surface area contributed by atoms with Gasteiger partial charge in [0, 0.05) is 5.69 Å². The van der Waals surface area contributed by atoms with Gasteiger partial charge < -0.3 is 5.32 Å². The number of aromatic nitrogens is 3. The highest BCUT2D eigenvalue weighted by molar-refractivity contribution is 6.32. The van der Waals surface area contributed by atoms with Crippen LogP contribution in [0.2, 0.25) is 10.4 Å². The molecule has 0 bridgehead atoms. The van der Waals surface area contributed by atoms with Crippen LogP contribution in [-0.2, 0) is 0 Å². The predicted molar refractivity (Wildman–Crippen MR) is 64.3 cm³/mol. The highest BCUT2D eigenvalue weighted by atomic mass is 35.5. The van der Waals surface area contributed by atoms with Crippen molar-refractivity contribution in [3.05, 3.63) is 40.3 Å². The molecule has 0 atom stereocenters. The Morgan fingerprint density at radius 3 is 2.44 bits per heavy atom. The van der Waals surface area contributed by atoms with Gasteiger partial charge in [0.2, 0.25) is 5.28 Å². The Morgan fingerprint density at radius 1 is 1.06 bits per heavy atom. The molecule has 0 spiro atoms. The van der Waals surface area contributed by atoms with E-state index in [9.17, 15) is 0 Å². The molecule has 0 aliphatic heterocycles. The van der Waals surface area contributed by atoms with Crippen LogP contribution in [0.3, 0.4) is 0 Å². The zero-order valence-electron chi connectivity index (χ0n) is 8.41. The molecule has 6 heteroatoms. The van der Waals surface area contributed by atoms with E-state index >= 15 is 0 Å². The topological polar surface area (TPSA) is 50.7 Å². The van der Waals surface area contributed by atoms with Crippen molar-refractivity contribution in [3.8, 4) is 0 Å². The summed E-state index contributed by atoms with van der Waals surface area (Å²) < 4.78 is 0. The van der Waals surface area contributed by atoms with Crippen LogP contribution < -0.4 is 5.32 Å². The molecule has 2 rings (SSSR count). The molecule has 1 aromatic carbocycles. The molecule has 0 saturated carbocycles. The number of aryl methyl sites for hydroxylation is 1. The summed E-state index contributed by atoms with van der Waals surface area (Å²) in [5.41, 5.74) is 2.04. The van der Waals surface area contributed by atoms with Crippen molar-refractivity contribution in [2.75, 3.05) is 5.32 Å². The quantitative estimate of drug-likeness (QED) is 0.894. The van der Waals surface area contributed by atoms with Crippen molar-refractivity contribution in [3.63, 3.8) is 0 Å². The highest BCUT2D eigenvalue weighted by Crippen LogP contribution is 2.21. The zero-order valence-corrected chi connectivity index (χ0v) is 9.92. The van der Waals surface area contributed by atoms with Crippen LogP contribution in [0.25, 0.3) is 0 Å². The molecule has 0 aliphatic rings. The summed E-state index contributed by atoms with van der Waals surface area (Å²) in [6, 6.07) is 7.79. The molecule has 0 aliphatic carbocycles. The summed E-state index contributed by atoms with van der Waals surface area (Å²) >= 11 is 11.4. The number of halogens is 2. The fourth-order valence-corrected chi connectivity index (χ4v) is 1.40. The van der Waals surface area contributed by atoms with E-state index < -0.39 is 0 Å². The van der Waals surface area contributed by atoms with Gasteiger partial charge in [0.1, 0.15) is 0 Å². The van der Waals surface area contributed by atoms with E-state index in [1.165, 1.54) is 5.56 Å². The van der Waals surface area contributed by atoms with Crippen molar-refractivity contribution in [2.45, 2.75) is 6.92 Å². The van der Waals surface area contributed by atoms with Crippen LogP contribution in [0.15, 0.2) is 24.3 Å². The molecule has 0 fully saturated rings. The van der Waals surface area contributed by atoms with E-state index in [4.69, 9.17) is 23.2 Å². The highest BCUT2D eigenvalue weighted by Gasteiger charge is 2.05. The lowest BCUT2D eigenvalue weighted by Gasteiger charge is -2.06. The molecule has 2 aromatic rings. The molecule has 0 saturated heterocycles. The third kappa shape index (κ3) is 2.59. The molecule has 1 heterocycles. The number of nitrogens with one attached hydrogen (secondary N) is 1. The summed E-state index contributed by atoms with van der Waals surface area (Å²) in [5.74, 6) is 0.394. The molecule has 0 unspecified atom stereocenters. The Bertz CT molecular complexity index is 499. The largest absolute Gasteiger partial charge is 0.338 e. The summed E-state index contributed by atoms with van der Waals surface area (Å²) in [6.07, 6.45) is 0. The average molecular weight is 255 g/mol. The van der Waals surface area contributed by atoms with Gasteiger partial charge >= 0.3 is 0 Å². The van der Waals surface area contributed by atoms with Crippen LogP contribution in [-0.4, -0.2) is 15.2 Å². The minimum atomic E-state index is 0.0546. The lowest BCUT2D eigenvalue weighted by atomic mass is 10.2. The molecule has 0 radical (unpaired) electrons. The Balaban J connectivity index is 2.26. The molecular formula is C10H8Cl2N4. The third-order valence-electron chi connectivity index (χ3n) is 1.93. The van der Waals surface area contributed by atoms with Gasteiger partial charge in [-0.15, -0.1) is 10.2 Å². The van der Waals surface area contributed by atoms with E-state index in [0.29, 0.717) is 5.82 Å². The summed E-state index contributed by atoms with van der Waals surface area (Å²) in [7, 11) is 0. The maximum absolute atomic E-state index is 5.82. The predicted octanol–water partition coefficient (Wildman–Crippen LogP) is 3.23. The van der Waals surface area contributed by atoms with Crippen LogP contribution >= 0.6 is 23.2 Å². The first kappa shape index (κ1) is 11.1. The Morgan fingerprint density at radius 2 is 1.75 bits per heavy atom. The van der Waals surface area contributed by atoms with Crippen molar-refractivity contribution in [1.82, 2.24) is 15.2 Å². The fraction of sp³-hybridized carbons (Fsp3) is 0.100. The van der Waals surface area contributed by atoms with Crippen LogP contribution in [0.4, 0.5) is 11.5 Å². The minimum absolute atomic E-state index is 0.0546. The van der Waals surface area contributed by atoms with Crippen molar-refractivity contribution >= 4 is 34.7 Å². The average Bonchev–Trinajstić information content (AvgIpc) is 2.27. The monoisotopic (exact) mass is 254 g/mol. The van der Waals surface area contributed by atoms with Gasteiger partial charge in [-0.25, -0.2) is 0 Å². The van der Waals surface area contributed by atoms with Gasteiger partial charge in [-0.05, 0) is 30.7 Å². The van der Waals surface area contributed by atoms with E-state index in [-0.39, 0.29) is 10.4 Å². The second kappa shape index (κ2) is 4.63. The van der Waals surface area contributed by atoms with Crippen LogP contribution in [0, 0.1) is 6.92 Å². The molecule has 1 aromatic heterocycles. The van der Waals surface area contributed by atoms with Crippen LogP contribution in [0.5, 0.6) is 0 Å². The second-order valence-corrected chi connectivity index (χ2v) is 3.91. The normalized spacial score (nSPS) is 10.2. The standard InChI is InChI=1S/C10H8Cl2N4/c1-6-2-4-7(5-3-6)13-9-8(11)15-16-10(12)14-9/h2-5H,1H3,(H,13,14,16). The smallest absolute Gasteiger partial charge is 0.245 e. The Labute approximate surface area is 103 Å². The first-order chi connectivity index (χ1) is 7.65. The van der Waals surface area contributed by atoms with E-state index in [1.54, 1.807) is 0 Å². The van der Waals surface area contributed by atoms with Crippen LogP contribution in [0.1, 0.15) is 5.56 Å². The number of nitrogens with zero attached hydrogens (tertiary/aromatic N) is 3. The summed E-state index contributed by atoms with van der Waals surface area (Å²) in [6.45, 7) is 2.01. The molecule has 4 nitrogen and oxygen atoms in total. The molecule has 0 amide bonds. The van der Waals surface area contributed by atoms with Gasteiger partial charge in [0.05, 0.1) is 0 Å². The SMILES string of the molecule is Cc1ccc(Nc2nc(Cl)nnc2Cl)cc1. The summed E-state index contributed by atoms with van der Waals surface area (Å²) in [4.78, 5) is 3.94. The molecular weight excluding hydrogens is 247 g/mol. The van der Waals surface area contributed by atoms with Gasteiger partial charge in [-0.1, -0.05) is 29.3 Å². The van der Waals surface area contributed by atoms with E-state index in [0.717, 1.165) is 5.69 Å². The molecule has 16 heavy (non-hydrogen) atoms. The van der Waals surface area contributed by atoms with Gasteiger partial charge in [0.15, 0.2) is 11.0 Å². The molecule has 82 valence electrons. The Hall–Kier alpha value is -1.39. The first-order valence-corrected chi connectivity index (χ1v) is 5.30. The van der Waals surface area contributed by atoms with Gasteiger partial charge in [-0.3, -0.25) is 0 Å². The summed E-state index contributed by atoms with van der Waals surface area (Å²) in [5, 5.41) is 10.4. The van der Waals surface area contributed by atoms with Crippen molar-refractivity contribution in [1.29, 1.82) is 0 Å².